The van der Waals surface area contributed by atoms with Gasteiger partial charge in [-0.2, -0.15) is 0 Å². The van der Waals surface area contributed by atoms with Gasteiger partial charge in [0.25, 0.3) is 0 Å². The lowest BCUT2D eigenvalue weighted by atomic mass is 10.2. The summed E-state index contributed by atoms with van der Waals surface area (Å²) in [6.45, 7) is 1.20. The Morgan fingerprint density at radius 2 is 2.06 bits per heavy atom. The quantitative estimate of drug-likeness (QED) is 0.841. The van der Waals surface area contributed by atoms with Crippen molar-refractivity contribution in [3.63, 3.8) is 0 Å². The fraction of sp³-hybridized carbons (Fsp3) is 0.417. The van der Waals surface area contributed by atoms with Crippen LogP contribution in [0.4, 0.5) is 10.5 Å². The zero-order valence-electron chi connectivity index (χ0n) is 9.67. The third kappa shape index (κ3) is 1.84. The first kappa shape index (κ1) is 11.2. The van der Waals surface area contributed by atoms with Gasteiger partial charge in [-0.25, -0.2) is 4.79 Å². The van der Waals surface area contributed by atoms with Crippen molar-refractivity contribution in [1.82, 2.24) is 0 Å². The minimum absolute atomic E-state index is 0.174. The largest absolute Gasteiger partial charge is 0.486 e. The predicted molar refractivity (Wildman–Crippen MR) is 62.1 cm³/mol. The van der Waals surface area contributed by atoms with Gasteiger partial charge in [0, 0.05) is 6.07 Å². The second kappa shape index (κ2) is 4.38. The van der Waals surface area contributed by atoms with Gasteiger partial charge in [0.15, 0.2) is 11.5 Å². The molecule has 0 bridgehead atoms. The van der Waals surface area contributed by atoms with Crippen molar-refractivity contribution in [2.45, 2.75) is 6.10 Å². The number of carbonyl (C=O) groups is 1. The van der Waals surface area contributed by atoms with Crippen molar-refractivity contribution >= 4 is 11.8 Å². The number of nitrogens with zero attached hydrogens (tertiary/aromatic N) is 1. The SMILES string of the molecule is O=C1O[C@@H](CO)CN1c1ccc2c(c1)OCCO2. The van der Waals surface area contributed by atoms with Crippen molar-refractivity contribution < 1.29 is 24.1 Å². The molecule has 3 rings (SSSR count). The van der Waals surface area contributed by atoms with E-state index in [1.165, 1.54) is 4.90 Å². The molecule has 6 nitrogen and oxygen atoms in total. The maximum absolute atomic E-state index is 11.6. The zero-order chi connectivity index (χ0) is 12.5. The average Bonchev–Trinajstić information content (AvgIpc) is 2.79. The number of carbonyl (C=O) groups excluding carboxylic acids is 1. The second-order valence-corrected chi connectivity index (χ2v) is 4.13. The summed E-state index contributed by atoms with van der Waals surface area (Å²) in [6, 6.07) is 5.29. The standard InChI is InChI=1S/C12H13NO5/c14-7-9-6-13(12(15)18-9)8-1-2-10-11(5-8)17-4-3-16-10/h1-2,5,9,14H,3-4,6-7H2/t9-/m1/s1. The number of aliphatic hydroxyl groups excluding tert-OH is 1. The lowest BCUT2D eigenvalue weighted by molar-refractivity contribution is 0.0963. The van der Waals surface area contributed by atoms with Gasteiger partial charge in [0.2, 0.25) is 0 Å². The molecule has 1 atom stereocenters. The summed E-state index contributed by atoms with van der Waals surface area (Å²) in [4.78, 5) is 13.1. The lowest BCUT2D eigenvalue weighted by Gasteiger charge is -2.20. The molecule has 0 radical (unpaired) electrons. The van der Waals surface area contributed by atoms with Crippen LogP contribution in [0.3, 0.4) is 0 Å². The molecular weight excluding hydrogens is 238 g/mol. The van der Waals surface area contributed by atoms with Gasteiger partial charge in [-0.15, -0.1) is 0 Å². The molecule has 1 N–H and O–H groups in total. The fourth-order valence-electron chi connectivity index (χ4n) is 2.03. The van der Waals surface area contributed by atoms with Crippen LogP contribution in [0.25, 0.3) is 0 Å². The topological polar surface area (TPSA) is 68.2 Å². The Morgan fingerprint density at radius 1 is 1.28 bits per heavy atom. The molecule has 1 aromatic rings. The first-order valence-corrected chi connectivity index (χ1v) is 5.76. The van der Waals surface area contributed by atoms with Crippen LogP contribution in [0.5, 0.6) is 11.5 Å². The number of aliphatic hydroxyl groups is 1. The van der Waals surface area contributed by atoms with E-state index in [-0.39, 0.29) is 6.61 Å². The van der Waals surface area contributed by atoms with Gasteiger partial charge in [-0.1, -0.05) is 0 Å². The highest BCUT2D eigenvalue weighted by Crippen LogP contribution is 2.35. The molecule has 6 heteroatoms. The summed E-state index contributed by atoms with van der Waals surface area (Å²) in [5.41, 5.74) is 0.681. The van der Waals surface area contributed by atoms with Crippen molar-refractivity contribution in [1.29, 1.82) is 0 Å². The maximum Gasteiger partial charge on any atom is 0.414 e. The third-order valence-electron chi connectivity index (χ3n) is 2.92. The van der Waals surface area contributed by atoms with E-state index in [1.54, 1.807) is 18.2 Å². The molecule has 0 aromatic heterocycles. The Kier molecular flexibility index (Phi) is 2.71. The van der Waals surface area contributed by atoms with Crippen molar-refractivity contribution in [3.8, 4) is 11.5 Å². The number of anilines is 1. The molecule has 96 valence electrons. The smallest absolute Gasteiger partial charge is 0.414 e. The van der Waals surface area contributed by atoms with E-state index in [9.17, 15) is 4.79 Å². The van der Waals surface area contributed by atoms with Crippen LogP contribution < -0.4 is 14.4 Å². The molecule has 2 aliphatic rings. The summed E-state index contributed by atoms with van der Waals surface area (Å²) >= 11 is 0. The highest BCUT2D eigenvalue weighted by Gasteiger charge is 2.32. The molecule has 1 amide bonds. The monoisotopic (exact) mass is 251 g/mol. The predicted octanol–water partition coefficient (Wildman–Crippen LogP) is 0.775. The first-order chi connectivity index (χ1) is 8.78. The lowest BCUT2D eigenvalue weighted by Crippen LogP contribution is -2.25. The Labute approximate surface area is 104 Å². The summed E-state index contributed by atoms with van der Waals surface area (Å²) in [6.07, 6.45) is -0.920. The average molecular weight is 251 g/mol. The van der Waals surface area contributed by atoms with E-state index < -0.39 is 12.2 Å². The number of hydrogen-bond acceptors (Lipinski definition) is 5. The van der Waals surface area contributed by atoms with Crippen molar-refractivity contribution in [3.05, 3.63) is 18.2 Å². The number of rotatable bonds is 2. The van der Waals surface area contributed by atoms with Crippen molar-refractivity contribution in [2.75, 3.05) is 31.3 Å². The number of ether oxygens (including phenoxy) is 3. The molecule has 1 fully saturated rings. The molecule has 0 saturated carbocycles. The summed E-state index contributed by atoms with van der Waals surface area (Å²) < 4.78 is 15.9. The first-order valence-electron chi connectivity index (χ1n) is 5.76. The molecule has 2 aliphatic heterocycles. The highest BCUT2D eigenvalue weighted by atomic mass is 16.6. The van der Waals surface area contributed by atoms with Gasteiger partial charge in [0.05, 0.1) is 18.8 Å². The van der Waals surface area contributed by atoms with Crippen LogP contribution in [-0.2, 0) is 4.74 Å². The Morgan fingerprint density at radius 3 is 2.78 bits per heavy atom. The van der Waals surface area contributed by atoms with Gasteiger partial charge < -0.3 is 19.3 Å². The Balaban J connectivity index is 1.86. The molecule has 0 aliphatic carbocycles. The number of hydrogen-bond donors (Lipinski definition) is 1. The van der Waals surface area contributed by atoms with Gasteiger partial charge in [-0.3, -0.25) is 4.90 Å². The molecule has 18 heavy (non-hydrogen) atoms. The highest BCUT2D eigenvalue weighted by molar-refractivity contribution is 5.90. The van der Waals surface area contributed by atoms with E-state index in [0.29, 0.717) is 36.9 Å². The van der Waals surface area contributed by atoms with Crippen molar-refractivity contribution in [2.24, 2.45) is 0 Å². The number of amides is 1. The number of benzene rings is 1. The minimum Gasteiger partial charge on any atom is -0.486 e. The van der Waals surface area contributed by atoms with E-state index in [1.807, 2.05) is 0 Å². The molecule has 0 spiro atoms. The van der Waals surface area contributed by atoms with Crippen LogP contribution in [-0.4, -0.2) is 43.7 Å². The Bertz CT molecular complexity index is 476. The zero-order valence-corrected chi connectivity index (χ0v) is 9.67. The normalized spacial score (nSPS) is 21.9. The number of cyclic esters (lactones) is 1. The summed E-state index contributed by atoms with van der Waals surface area (Å²) in [5, 5.41) is 8.99. The summed E-state index contributed by atoms with van der Waals surface area (Å²) in [5.74, 6) is 1.30. The molecule has 1 aromatic carbocycles. The van der Waals surface area contributed by atoms with E-state index >= 15 is 0 Å². The molecule has 2 heterocycles. The van der Waals surface area contributed by atoms with Gasteiger partial charge >= 0.3 is 6.09 Å². The maximum atomic E-state index is 11.6. The minimum atomic E-state index is -0.467. The second-order valence-electron chi connectivity index (χ2n) is 4.13. The van der Waals surface area contributed by atoms with Crippen LogP contribution in [0.2, 0.25) is 0 Å². The summed E-state index contributed by atoms with van der Waals surface area (Å²) in [7, 11) is 0. The van der Waals surface area contributed by atoms with Crippen LogP contribution >= 0.6 is 0 Å². The third-order valence-corrected chi connectivity index (χ3v) is 2.92. The van der Waals surface area contributed by atoms with Gasteiger partial charge in [0.1, 0.15) is 19.3 Å². The van der Waals surface area contributed by atoms with Crippen LogP contribution in [0, 0.1) is 0 Å². The van der Waals surface area contributed by atoms with Crippen LogP contribution in [0.15, 0.2) is 18.2 Å². The van der Waals surface area contributed by atoms with Crippen LogP contribution in [0.1, 0.15) is 0 Å². The van der Waals surface area contributed by atoms with E-state index in [0.717, 1.165) is 0 Å². The Hall–Kier alpha value is -1.95. The van der Waals surface area contributed by atoms with E-state index in [2.05, 4.69) is 0 Å². The fourth-order valence-corrected chi connectivity index (χ4v) is 2.03. The molecular formula is C12H13NO5. The molecule has 0 unspecified atom stereocenters. The van der Waals surface area contributed by atoms with Gasteiger partial charge in [-0.05, 0) is 12.1 Å². The number of fused-ring (bicyclic) bond motifs is 1. The molecule has 1 saturated heterocycles. The van der Waals surface area contributed by atoms with E-state index in [4.69, 9.17) is 19.3 Å².